The lowest BCUT2D eigenvalue weighted by Gasteiger charge is -2.30. The van der Waals surface area contributed by atoms with Gasteiger partial charge >= 0.3 is 5.97 Å². The Labute approximate surface area is 120 Å². The number of rotatable bonds is 5. The van der Waals surface area contributed by atoms with E-state index in [4.69, 9.17) is 10.5 Å². The first kappa shape index (κ1) is 16.7. The smallest absolute Gasteiger partial charge is 0.312 e. The summed E-state index contributed by atoms with van der Waals surface area (Å²) in [5.41, 5.74) is 6.49. The number of carbonyl (C=O) groups excluding carboxylic acids is 2. The second-order valence-corrected chi connectivity index (χ2v) is 5.78. The highest BCUT2D eigenvalue weighted by Gasteiger charge is 2.28. The van der Waals surface area contributed by atoms with Crippen molar-refractivity contribution in [2.75, 3.05) is 13.1 Å². The third kappa shape index (κ3) is 4.63. The number of nitrogens with two attached hydrogens (primary N) is 1. The summed E-state index contributed by atoms with van der Waals surface area (Å²) in [5, 5.41) is 3.27. The van der Waals surface area contributed by atoms with Crippen LogP contribution in [0.5, 0.6) is 0 Å². The van der Waals surface area contributed by atoms with E-state index in [1.807, 2.05) is 33.8 Å². The van der Waals surface area contributed by atoms with E-state index in [1.54, 1.807) is 0 Å². The van der Waals surface area contributed by atoms with Crippen LogP contribution in [0, 0.1) is 17.8 Å². The van der Waals surface area contributed by atoms with Gasteiger partial charge in [-0.25, -0.2) is 0 Å². The summed E-state index contributed by atoms with van der Waals surface area (Å²) in [5.74, 6) is -0.932. The first-order chi connectivity index (χ1) is 9.32. The van der Waals surface area contributed by atoms with Crippen LogP contribution in [-0.2, 0) is 14.3 Å². The second kappa shape index (κ2) is 7.43. The molecular formula is C15H26N2O3. The lowest BCUT2D eigenvalue weighted by molar-refractivity contribution is -0.150. The molecule has 3 N–H and O–H groups in total. The zero-order chi connectivity index (χ0) is 15.3. The van der Waals surface area contributed by atoms with Gasteiger partial charge in [0.2, 0.25) is 5.91 Å². The average molecular weight is 282 g/mol. The number of primary amides is 1. The van der Waals surface area contributed by atoms with Crippen LogP contribution >= 0.6 is 0 Å². The molecule has 3 atom stereocenters. The number of hydrogen-bond acceptors (Lipinski definition) is 4. The second-order valence-electron chi connectivity index (χ2n) is 5.78. The van der Waals surface area contributed by atoms with Gasteiger partial charge in [0.05, 0.1) is 12.0 Å². The van der Waals surface area contributed by atoms with Crippen LogP contribution in [0.1, 0.15) is 34.1 Å². The van der Waals surface area contributed by atoms with Crippen molar-refractivity contribution in [2.45, 2.75) is 40.2 Å². The Balaban J connectivity index is 2.81. The van der Waals surface area contributed by atoms with E-state index in [9.17, 15) is 9.59 Å². The standard InChI is InChI=1S/C15H26N2O3/c1-9(2)20-15(19)10(3)7-12-8-17-6-5-13(12)11(4)14(16)18/h7,9-11,13,17H,5-6,8H2,1-4H3,(H2,16,18)/b12-7-/t10-,11+,13?/m0/s1. The molecule has 0 aromatic rings. The molecule has 1 aliphatic rings. The minimum atomic E-state index is -0.310. The lowest BCUT2D eigenvalue weighted by Crippen LogP contribution is -2.38. The van der Waals surface area contributed by atoms with Crippen molar-refractivity contribution in [3.05, 3.63) is 11.6 Å². The maximum atomic E-state index is 11.9. The topological polar surface area (TPSA) is 81.4 Å². The molecular weight excluding hydrogens is 256 g/mol. The molecule has 1 unspecified atom stereocenters. The third-order valence-corrected chi connectivity index (χ3v) is 3.68. The number of amides is 1. The van der Waals surface area contributed by atoms with Gasteiger partial charge in [-0.15, -0.1) is 0 Å². The van der Waals surface area contributed by atoms with Crippen LogP contribution in [0.2, 0.25) is 0 Å². The van der Waals surface area contributed by atoms with Crippen molar-refractivity contribution >= 4 is 11.9 Å². The number of piperidine rings is 1. The molecule has 1 saturated heterocycles. The minimum Gasteiger partial charge on any atom is -0.463 e. The summed E-state index contributed by atoms with van der Waals surface area (Å²) in [6, 6.07) is 0. The Kier molecular flexibility index (Phi) is 6.20. The first-order valence-electron chi connectivity index (χ1n) is 7.24. The number of ether oxygens (including phenoxy) is 1. The van der Waals surface area contributed by atoms with E-state index in [2.05, 4.69) is 5.32 Å². The molecule has 0 saturated carbocycles. The van der Waals surface area contributed by atoms with E-state index in [1.165, 1.54) is 0 Å². The lowest BCUT2D eigenvalue weighted by atomic mass is 9.80. The summed E-state index contributed by atoms with van der Waals surface area (Å²) in [7, 11) is 0. The van der Waals surface area contributed by atoms with Crippen LogP contribution < -0.4 is 11.1 Å². The molecule has 0 spiro atoms. The SMILES string of the molecule is CC(C)OC(=O)[C@@H](C)/C=C1/CNCCC1[C@@H](C)C(N)=O. The van der Waals surface area contributed by atoms with Crippen molar-refractivity contribution in [2.24, 2.45) is 23.5 Å². The molecule has 0 aromatic heterocycles. The molecule has 5 nitrogen and oxygen atoms in total. The summed E-state index contributed by atoms with van der Waals surface area (Å²) >= 11 is 0. The maximum absolute atomic E-state index is 11.9. The van der Waals surface area contributed by atoms with Gasteiger partial charge in [0.15, 0.2) is 0 Å². The van der Waals surface area contributed by atoms with Crippen molar-refractivity contribution in [1.82, 2.24) is 5.32 Å². The predicted molar refractivity (Wildman–Crippen MR) is 77.8 cm³/mol. The van der Waals surface area contributed by atoms with Crippen LogP contribution in [0.4, 0.5) is 0 Å². The Bertz CT molecular complexity index is 391. The Morgan fingerprint density at radius 2 is 2.00 bits per heavy atom. The zero-order valence-electron chi connectivity index (χ0n) is 12.8. The molecule has 1 heterocycles. The fraction of sp³-hybridized carbons (Fsp3) is 0.733. The monoisotopic (exact) mass is 282 g/mol. The summed E-state index contributed by atoms with van der Waals surface area (Å²) in [6.07, 6.45) is 2.66. The summed E-state index contributed by atoms with van der Waals surface area (Å²) in [6.45, 7) is 8.89. The summed E-state index contributed by atoms with van der Waals surface area (Å²) < 4.78 is 5.20. The Hall–Kier alpha value is -1.36. The number of esters is 1. The molecule has 5 heteroatoms. The number of carbonyl (C=O) groups is 2. The molecule has 0 aliphatic carbocycles. The Morgan fingerprint density at radius 3 is 2.55 bits per heavy atom. The number of nitrogens with one attached hydrogen (secondary N) is 1. The molecule has 1 fully saturated rings. The van der Waals surface area contributed by atoms with E-state index < -0.39 is 0 Å². The zero-order valence-corrected chi connectivity index (χ0v) is 12.8. The first-order valence-corrected chi connectivity index (χ1v) is 7.24. The molecule has 1 rings (SSSR count). The van der Waals surface area contributed by atoms with E-state index >= 15 is 0 Å². The van der Waals surface area contributed by atoms with Gasteiger partial charge in [-0.3, -0.25) is 9.59 Å². The number of hydrogen-bond donors (Lipinski definition) is 2. The highest BCUT2D eigenvalue weighted by atomic mass is 16.5. The predicted octanol–water partition coefficient (Wildman–Crippen LogP) is 1.23. The van der Waals surface area contributed by atoms with Crippen molar-refractivity contribution in [3.8, 4) is 0 Å². The van der Waals surface area contributed by atoms with Crippen LogP contribution in [0.15, 0.2) is 11.6 Å². The quantitative estimate of drug-likeness (QED) is 0.587. The normalized spacial score (nSPS) is 24.4. The average Bonchev–Trinajstić information content (AvgIpc) is 2.37. The van der Waals surface area contributed by atoms with E-state index in [0.29, 0.717) is 6.54 Å². The van der Waals surface area contributed by atoms with Crippen molar-refractivity contribution in [3.63, 3.8) is 0 Å². The van der Waals surface area contributed by atoms with Crippen molar-refractivity contribution < 1.29 is 14.3 Å². The third-order valence-electron chi connectivity index (χ3n) is 3.68. The maximum Gasteiger partial charge on any atom is 0.312 e. The van der Waals surface area contributed by atoms with Crippen LogP contribution in [0.3, 0.4) is 0 Å². The van der Waals surface area contributed by atoms with E-state index in [-0.39, 0.29) is 35.7 Å². The van der Waals surface area contributed by atoms with Gasteiger partial charge in [0.1, 0.15) is 0 Å². The summed E-state index contributed by atoms with van der Waals surface area (Å²) in [4.78, 5) is 23.3. The molecule has 0 bridgehead atoms. The minimum absolute atomic E-state index is 0.114. The van der Waals surface area contributed by atoms with Gasteiger partial charge in [0.25, 0.3) is 0 Å². The fourth-order valence-corrected chi connectivity index (χ4v) is 2.49. The van der Waals surface area contributed by atoms with Gasteiger partial charge < -0.3 is 15.8 Å². The molecule has 0 aromatic carbocycles. The largest absolute Gasteiger partial charge is 0.463 e. The van der Waals surface area contributed by atoms with Gasteiger partial charge in [-0.05, 0) is 39.7 Å². The van der Waals surface area contributed by atoms with Gasteiger partial charge in [0, 0.05) is 12.5 Å². The van der Waals surface area contributed by atoms with Gasteiger partial charge in [-0.1, -0.05) is 18.6 Å². The fourth-order valence-electron chi connectivity index (χ4n) is 2.49. The van der Waals surface area contributed by atoms with Crippen LogP contribution in [0.25, 0.3) is 0 Å². The highest BCUT2D eigenvalue weighted by molar-refractivity contribution is 5.77. The van der Waals surface area contributed by atoms with E-state index in [0.717, 1.165) is 18.5 Å². The Morgan fingerprint density at radius 1 is 1.35 bits per heavy atom. The van der Waals surface area contributed by atoms with Crippen molar-refractivity contribution in [1.29, 1.82) is 0 Å². The highest BCUT2D eigenvalue weighted by Crippen LogP contribution is 2.27. The van der Waals surface area contributed by atoms with Gasteiger partial charge in [-0.2, -0.15) is 0 Å². The molecule has 20 heavy (non-hydrogen) atoms. The van der Waals surface area contributed by atoms with Crippen LogP contribution in [-0.4, -0.2) is 31.1 Å². The molecule has 114 valence electrons. The molecule has 0 radical (unpaired) electrons. The molecule has 1 aliphatic heterocycles. The molecule has 1 amide bonds.